The zero-order valence-corrected chi connectivity index (χ0v) is 40.3. The fourth-order valence-corrected chi connectivity index (χ4v) is 8.53. The third-order valence-electron chi connectivity index (χ3n) is 12.7. The van der Waals surface area contributed by atoms with Gasteiger partial charge in [0.2, 0.25) is 5.91 Å². The summed E-state index contributed by atoms with van der Waals surface area (Å²) in [6.07, 6.45) is 67.6. The van der Waals surface area contributed by atoms with E-state index in [0.717, 1.165) is 25.7 Å². The van der Waals surface area contributed by atoms with Crippen LogP contribution in [0.2, 0.25) is 0 Å². The Labute approximate surface area is 370 Å². The van der Waals surface area contributed by atoms with Crippen LogP contribution in [0.15, 0.2) is 24.3 Å². The molecule has 1 amide bonds. The minimum Gasteiger partial charge on any atom is -0.394 e. The van der Waals surface area contributed by atoms with E-state index in [1.165, 1.54) is 257 Å². The summed E-state index contributed by atoms with van der Waals surface area (Å²) in [4.78, 5) is 12.4. The lowest BCUT2D eigenvalue weighted by molar-refractivity contribution is -0.123. The number of carbonyl (C=O) groups is 1. The standard InChI is InChI=1S/C55H107NO3/c1-3-5-7-9-11-13-15-17-19-21-23-25-26-27-28-29-31-32-34-36-38-40-42-44-46-48-50-54(58)53(52-57)56-55(59)51-49-47-45-43-41-39-37-35-33-30-24-22-20-18-16-14-12-10-8-6-4-2/h22,24,48,50,53-54,57-58H,3-21,23,25-47,49,51-52H2,1-2H3,(H,56,59)/b24-22-,50-48+. The van der Waals surface area contributed by atoms with Crippen LogP contribution in [0.3, 0.4) is 0 Å². The van der Waals surface area contributed by atoms with Crippen molar-refractivity contribution in [3.05, 3.63) is 24.3 Å². The molecule has 0 rings (SSSR count). The van der Waals surface area contributed by atoms with Crippen LogP contribution in [0.4, 0.5) is 0 Å². The highest BCUT2D eigenvalue weighted by Crippen LogP contribution is 2.17. The van der Waals surface area contributed by atoms with Gasteiger partial charge in [0, 0.05) is 6.42 Å². The van der Waals surface area contributed by atoms with E-state index in [-0.39, 0.29) is 12.5 Å². The SMILES string of the molecule is CCCCCCCCCC/C=C\CCCCCCCCCCCC(=O)NC(CO)C(O)/C=C/CCCCCCCCCCCCCCCCCCCCCCCCCC. The normalized spacial score (nSPS) is 12.9. The van der Waals surface area contributed by atoms with Crippen molar-refractivity contribution in [2.24, 2.45) is 0 Å². The van der Waals surface area contributed by atoms with Crippen LogP contribution < -0.4 is 5.32 Å². The molecule has 0 heterocycles. The van der Waals surface area contributed by atoms with Gasteiger partial charge in [0.05, 0.1) is 18.8 Å². The molecule has 0 fully saturated rings. The lowest BCUT2D eigenvalue weighted by atomic mass is 10.0. The van der Waals surface area contributed by atoms with Gasteiger partial charge in [0.15, 0.2) is 0 Å². The van der Waals surface area contributed by atoms with Crippen LogP contribution in [0.1, 0.15) is 303 Å². The van der Waals surface area contributed by atoms with Crippen LogP contribution in [0, 0.1) is 0 Å². The van der Waals surface area contributed by atoms with Crippen molar-refractivity contribution in [1.82, 2.24) is 5.32 Å². The summed E-state index contributed by atoms with van der Waals surface area (Å²) in [5, 5.41) is 23.2. The lowest BCUT2D eigenvalue weighted by Crippen LogP contribution is -2.45. The Bertz CT molecular complexity index is 855. The van der Waals surface area contributed by atoms with Crippen LogP contribution in [0.5, 0.6) is 0 Å². The van der Waals surface area contributed by atoms with Gasteiger partial charge in [-0.25, -0.2) is 0 Å². The Morgan fingerprint density at radius 2 is 0.644 bits per heavy atom. The van der Waals surface area contributed by atoms with Crippen molar-refractivity contribution < 1.29 is 15.0 Å². The molecular formula is C55H107NO3. The molecule has 350 valence electrons. The predicted molar refractivity (Wildman–Crippen MR) is 262 cm³/mol. The van der Waals surface area contributed by atoms with Crippen molar-refractivity contribution >= 4 is 5.91 Å². The summed E-state index contributed by atoms with van der Waals surface area (Å²) in [6, 6.07) is -0.622. The average Bonchev–Trinajstić information content (AvgIpc) is 3.24. The number of nitrogens with one attached hydrogen (secondary N) is 1. The number of amides is 1. The fraction of sp³-hybridized carbons (Fsp3) is 0.909. The largest absolute Gasteiger partial charge is 0.394 e. The third kappa shape index (κ3) is 47.8. The lowest BCUT2D eigenvalue weighted by Gasteiger charge is -2.20. The Morgan fingerprint density at radius 1 is 0.390 bits per heavy atom. The summed E-state index contributed by atoms with van der Waals surface area (Å²) >= 11 is 0. The quantitative estimate of drug-likeness (QED) is 0.0422. The number of hydrogen-bond donors (Lipinski definition) is 3. The molecule has 0 spiro atoms. The van der Waals surface area contributed by atoms with Gasteiger partial charge in [-0.1, -0.05) is 276 Å². The first-order valence-electron chi connectivity index (χ1n) is 27.1. The molecule has 4 heteroatoms. The Balaban J connectivity index is 3.48. The van der Waals surface area contributed by atoms with E-state index >= 15 is 0 Å². The molecule has 0 bridgehead atoms. The number of hydrogen-bond acceptors (Lipinski definition) is 3. The first kappa shape index (κ1) is 57.9. The van der Waals surface area contributed by atoms with E-state index in [9.17, 15) is 15.0 Å². The molecule has 0 aliphatic carbocycles. The Kier molecular flexibility index (Phi) is 50.2. The van der Waals surface area contributed by atoms with Crippen molar-refractivity contribution in [2.45, 2.75) is 315 Å². The number of aliphatic hydroxyl groups excluding tert-OH is 2. The van der Waals surface area contributed by atoms with Gasteiger partial charge >= 0.3 is 0 Å². The second-order valence-corrected chi connectivity index (χ2v) is 18.7. The van der Waals surface area contributed by atoms with E-state index in [0.29, 0.717) is 6.42 Å². The molecule has 0 aliphatic rings. The minimum absolute atomic E-state index is 0.0617. The van der Waals surface area contributed by atoms with Crippen molar-refractivity contribution in [3.8, 4) is 0 Å². The number of unbranched alkanes of at least 4 members (excludes halogenated alkanes) is 41. The maximum absolute atomic E-state index is 12.4. The molecular weight excluding hydrogens is 723 g/mol. The summed E-state index contributed by atoms with van der Waals surface area (Å²) in [5.41, 5.74) is 0. The molecule has 0 aromatic carbocycles. The molecule has 0 aromatic heterocycles. The fourth-order valence-electron chi connectivity index (χ4n) is 8.53. The molecule has 0 aliphatic heterocycles. The van der Waals surface area contributed by atoms with Crippen molar-refractivity contribution in [1.29, 1.82) is 0 Å². The summed E-state index contributed by atoms with van der Waals surface area (Å²) in [5.74, 6) is -0.0617. The second kappa shape index (κ2) is 51.2. The predicted octanol–water partition coefficient (Wildman–Crippen LogP) is 17.5. The van der Waals surface area contributed by atoms with Gasteiger partial charge in [-0.05, 0) is 44.9 Å². The molecule has 2 atom stereocenters. The maximum Gasteiger partial charge on any atom is 0.220 e. The maximum atomic E-state index is 12.4. The number of aliphatic hydroxyl groups is 2. The molecule has 3 N–H and O–H groups in total. The zero-order valence-electron chi connectivity index (χ0n) is 40.3. The molecule has 2 unspecified atom stereocenters. The number of carbonyl (C=O) groups excluding carboxylic acids is 1. The van der Waals surface area contributed by atoms with E-state index in [1.54, 1.807) is 6.08 Å². The second-order valence-electron chi connectivity index (χ2n) is 18.7. The van der Waals surface area contributed by atoms with Crippen molar-refractivity contribution in [2.75, 3.05) is 6.61 Å². The molecule has 59 heavy (non-hydrogen) atoms. The topological polar surface area (TPSA) is 69.6 Å². The van der Waals surface area contributed by atoms with Crippen LogP contribution in [-0.2, 0) is 4.79 Å². The van der Waals surface area contributed by atoms with E-state index in [2.05, 4.69) is 31.3 Å². The molecule has 0 radical (unpaired) electrons. The molecule has 0 saturated carbocycles. The molecule has 0 aromatic rings. The zero-order chi connectivity index (χ0) is 42.8. The van der Waals surface area contributed by atoms with Crippen LogP contribution in [0.25, 0.3) is 0 Å². The highest BCUT2D eigenvalue weighted by molar-refractivity contribution is 5.76. The van der Waals surface area contributed by atoms with Gasteiger partial charge in [-0.3, -0.25) is 4.79 Å². The van der Waals surface area contributed by atoms with Crippen LogP contribution in [-0.4, -0.2) is 34.9 Å². The van der Waals surface area contributed by atoms with Gasteiger partial charge in [0.25, 0.3) is 0 Å². The highest BCUT2D eigenvalue weighted by atomic mass is 16.3. The average molecular weight is 830 g/mol. The third-order valence-corrected chi connectivity index (χ3v) is 12.7. The smallest absolute Gasteiger partial charge is 0.220 e. The molecule has 0 saturated heterocycles. The summed E-state index contributed by atoms with van der Waals surface area (Å²) in [6.45, 7) is 4.34. The monoisotopic (exact) mass is 830 g/mol. The number of allylic oxidation sites excluding steroid dienone is 3. The highest BCUT2D eigenvalue weighted by Gasteiger charge is 2.18. The minimum atomic E-state index is -0.839. The van der Waals surface area contributed by atoms with Gasteiger partial charge in [0.1, 0.15) is 0 Å². The number of rotatable bonds is 50. The summed E-state index contributed by atoms with van der Waals surface area (Å²) in [7, 11) is 0. The van der Waals surface area contributed by atoms with Gasteiger partial charge < -0.3 is 15.5 Å². The first-order valence-corrected chi connectivity index (χ1v) is 27.1. The van der Waals surface area contributed by atoms with E-state index < -0.39 is 12.1 Å². The van der Waals surface area contributed by atoms with Crippen LogP contribution >= 0.6 is 0 Å². The summed E-state index contributed by atoms with van der Waals surface area (Å²) < 4.78 is 0. The van der Waals surface area contributed by atoms with E-state index in [4.69, 9.17) is 0 Å². The Morgan fingerprint density at radius 3 is 0.932 bits per heavy atom. The molecule has 4 nitrogen and oxygen atoms in total. The first-order chi connectivity index (χ1) is 29.2. The van der Waals surface area contributed by atoms with E-state index in [1.807, 2.05) is 6.08 Å². The van der Waals surface area contributed by atoms with Gasteiger partial charge in [-0.2, -0.15) is 0 Å². The van der Waals surface area contributed by atoms with Gasteiger partial charge in [-0.15, -0.1) is 0 Å². The van der Waals surface area contributed by atoms with Crippen molar-refractivity contribution in [3.63, 3.8) is 0 Å². The Hall–Kier alpha value is -1.13.